The summed E-state index contributed by atoms with van der Waals surface area (Å²) < 4.78 is 12.5. The summed E-state index contributed by atoms with van der Waals surface area (Å²) in [5, 5.41) is 7.39. The Hall–Kier alpha value is -0.640. The number of hydrogen-bond donors (Lipinski definition) is 2. The highest BCUT2D eigenvalue weighted by atomic mass is 35.5. The largest absolute Gasteiger partial charge is 0.400 e. The van der Waals surface area contributed by atoms with E-state index in [9.17, 15) is 4.39 Å². The fourth-order valence-electron chi connectivity index (χ4n) is 0.729. The molecule has 0 radical (unpaired) electrons. The minimum atomic E-state index is -0.340. The van der Waals surface area contributed by atoms with Gasteiger partial charge in [-0.25, -0.2) is 4.39 Å². The summed E-state index contributed by atoms with van der Waals surface area (Å²) in [5.74, 6) is -0.340. The van der Waals surface area contributed by atoms with Crippen molar-refractivity contribution in [1.82, 2.24) is 0 Å². The molecule has 0 unspecified atom stereocenters. The molecule has 1 rings (SSSR count). The summed E-state index contributed by atoms with van der Waals surface area (Å²) in [6.45, 7) is 0.317. The molecule has 0 aliphatic carbocycles. The Morgan fingerprint density at radius 1 is 1.42 bits per heavy atom. The van der Waals surface area contributed by atoms with Gasteiger partial charge in [-0.15, -0.1) is 0 Å². The Kier molecular flexibility index (Phi) is 5.62. The number of aliphatic hydroxyl groups excluding tert-OH is 1. The van der Waals surface area contributed by atoms with Crippen LogP contribution in [0.4, 0.5) is 4.39 Å². The Morgan fingerprint density at radius 2 is 2.00 bits per heavy atom. The van der Waals surface area contributed by atoms with Crippen molar-refractivity contribution in [1.29, 1.82) is 0 Å². The fourth-order valence-corrected chi connectivity index (χ4v) is 0.973. The highest BCUT2D eigenvalue weighted by Crippen LogP contribution is 2.13. The SMILES string of the molecule is CO.NCc1cc(F)cc(Cl)c1. The van der Waals surface area contributed by atoms with Crippen molar-refractivity contribution in [2.24, 2.45) is 5.73 Å². The zero-order chi connectivity index (χ0) is 9.56. The molecule has 1 aromatic carbocycles. The van der Waals surface area contributed by atoms with Gasteiger partial charge in [0.2, 0.25) is 0 Å². The van der Waals surface area contributed by atoms with Gasteiger partial charge in [-0.3, -0.25) is 0 Å². The van der Waals surface area contributed by atoms with E-state index < -0.39 is 0 Å². The van der Waals surface area contributed by atoms with E-state index >= 15 is 0 Å². The Bertz CT molecular complexity index is 222. The van der Waals surface area contributed by atoms with Crippen molar-refractivity contribution >= 4 is 11.6 Å². The monoisotopic (exact) mass is 191 g/mol. The van der Waals surface area contributed by atoms with Gasteiger partial charge < -0.3 is 10.8 Å². The van der Waals surface area contributed by atoms with Gasteiger partial charge in [0.25, 0.3) is 0 Å². The predicted molar refractivity (Wildman–Crippen MR) is 47.4 cm³/mol. The van der Waals surface area contributed by atoms with Gasteiger partial charge in [0.05, 0.1) is 0 Å². The molecule has 0 amide bonds. The van der Waals surface area contributed by atoms with Crippen molar-refractivity contribution in [2.75, 3.05) is 7.11 Å². The van der Waals surface area contributed by atoms with Crippen LogP contribution in [-0.4, -0.2) is 12.2 Å². The topological polar surface area (TPSA) is 46.2 Å². The van der Waals surface area contributed by atoms with Gasteiger partial charge in [-0.05, 0) is 23.8 Å². The van der Waals surface area contributed by atoms with Gasteiger partial charge in [0.1, 0.15) is 5.82 Å². The fraction of sp³-hybridized carbons (Fsp3) is 0.250. The molecule has 0 bridgehead atoms. The maximum Gasteiger partial charge on any atom is 0.125 e. The van der Waals surface area contributed by atoms with Crippen LogP contribution in [0, 0.1) is 5.82 Å². The van der Waals surface area contributed by atoms with Gasteiger partial charge in [0.15, 0.2) is 0 Å². The molecule has 0 aromatic heterocycles. The van der Waals surface area contributed by atoms with Crippen LogP contribution < -0.4 is 5.73 Å². The molecule has 1 aromatic rings. The quantitative estimate of drug-likeness (QED) is 0.708. The van der Waals surface area contributed by atoms with Crippen LogP contribution in [0.2, 0.25) is 5.02 Å². The van der Waals surface area contributed by atoms with Crippen LogP contribution in [0.25, 0.3) is 0 Å². The van der Waals surface area contributed by atoms with E-state index in [-0.39, 0.29) is 5.82 Å². The molecular weight excluding hydrogens is 181 g/mol. The zero-order valence-corrected chi connectivity index (χ0v) is 7.48. The van der Waals surface area contributed by atoms with E-state index in [4.69, 9.17) is 22.4 Å². The third-order valence-corrected chi connectivity index (χ3v) is 1.38. The molecule has 0 spiro atoms. The maximum atomic E-state index is 12.5. The Labute approximate surface area is 75.8 Å². The van der Waals surface area contributed by atoms with Crippen molar-refractivity contribution in [3.8, 4) is 0 Å². The third kappa shape index (κ3) is 3.67. The second-order valence-electron chi connectivity index (χ2n) is 1.98. The van der Waals surface area contributed by atoms with Crippen LogP contribution in [0.5, 0.6) is 0 Å². The first-order chi connectivity index (χ1) is 5.72. The van der Waals surface area contributed by atoms with Crippen LogP contribution >= 0.6 is 11.6 Å². The second-order valence-corrected chi connectivity index (χ2v) is 2.42. The molecule has 0 aliphatic heterocycles. The zero-order valence-electron chi connectivity index (χ0n) is 6.72. The van der Waals surface area contributed by atoms with Crippen LogP contribution in [0.1, 0.15) is 5.56 Å². The highest BCUT2D eigenvalue weighted by Gasteiger charge is 1.95. The lowest BCUT2D eigenvalue weighted by molar-refractivity contribution is 0.399. The van der Waals surface area contributed by atoms with Gasteiger partial charge in [-0.2, -0.15) is 0 Å². The first kappa shape index (κ1) is 11.4. The average Bonchev–Trinajstić information content (AvgIpc) is 2.06. The number of hydrogen-bond acceptors (Lipinski definition) is 2. The second kappa shape index (κ2) is 5.94. The summed E-state index contributed by atoms with van der Waals surface area (Å²) >= 11 is 5.53. The van der Waals surface area contributed by atoms with Crippen LogP contribution in [-0.2, 0) is 6.54 Å². The first-order valence-corrected chi connectivity index (χ1v) is 3.70. The Morgan fingerprint density at radius 3 is 2.42 bits per heavy atom. The molecule has 0 saturated carbocycles. The van der Waals surface area contributed by atoms with E-state index in [1.54, 1.807) is 6.07 Å². The first-order valence-electron chi connectivity index (χ1n) is 3.32. The summed E-state index contributed by atoms with van der Waals surface area (Å²) in [4.78, 5) is 0. The van der Waals surface area contributed by atoms with Crippen molar-refractivity contribution < 1.29 is 9.50 Å². The predicted octanol–water partition coefficient (Wildman–Crippen LogP) is 1.55. The van der Waals surface area contributed by atoms with Gasteiger partial charge in [0, 0.05) is 18.7 Å². The molecule has 2 nitrogen and oxygen atoms in total. The highest BCUT2D eigenvalue weighted by molar-refractivity contribution is 6.30. The lowest BCUT2D eigenvalue weighted by Crippen LogP contribution is -1.96. The minimum Gasteiger partial charge on any atom is -0.400 e. The van der Waals surface area contributed by atoms with E-state index in [1.807, 2.05) is 0 Å². The lowest BCUT2D eigenvalue weighted by Gasteiger charge is -1.96. The number of benzene rings is 1. The molecular formula is C8H11ClFNO. The number of nitrogens with two attached hydrogens (primary N) is 1. The lowest BCUT2D eigenvalue weighted by atomic mass is 10.2. The Balaban J connectivity index is 0.000000561. The molecule has 0 saturated heterocycles. The van der Waals surface area contributed by atoms with E-state index in [0.717, 1.165) is 7.11 Å². The molecule has 12 heavy (non-hydrogen) atoms. The molecule has 0 heterocycles. The number of aliphatic hydroxyl groups is 1. The molecule has 0 fully saturated rings. The molecule has 3 N–H and O–H groups in total. The standard InChI is InChI=1S/C7H7ClFN.CH4O/c8-6-1-5(4-10)2-7(9)3-6;1-2/h1-3H,4,10H2;2H,1H3. The molecule has 68 valence electrons. The maximum absolute atomic E-state index is 12.5. The smallest absolute Gasteiger partial charge is 0.125 e. The van der Waals surface area contributed by atoms with Crippen LogP contribution in [0.3, 0.4) is 0 Å². The molecule has 0 atom stereocenters. The summed E-state index contributed by atoms with van der Waals surface area (Å²) in [6, 6.07) is 4.26. The van der Waals surface area contributed by atoms with Gasteiger partial charge >= 0.3 is 0 Å². The van der Waals surface area contributed by atoms with E-state index in [0.29, 0.717) is 17.1 Å². The summed E-state index contributed by atoms with van der Waals surface area (Å²) in [7, 11) is 1.00. The molecule has 0 aliphatic rings. The van der Waals surface area contributed by atoms with Crippen molar-refractivity contribution in [3.05, 3.63) is 34.6 Å². The molecule has 4 heteroatoms. The number of halogens is 2. The average molecular weight is 192 g/mol. The number of rotatable bonds is 1. The van der Waals surface area contributed by atoms with E-state index in [2.05, 4.69) is 0 Å². The third-order valence-electron chi connectivity index (χ3n) is 1.16. The summed E-state index contributed by atoms with van der Waals surface area (Å²) in [5.41, 5.74) is 5.98. The van der Waals surface area contributed by atoms with Crippen molar-refractivity contribution in [2.45, 2.75) is 6.54 Å². The normalized spacial score (nSPS) is 8.75. The van der Waals surface area contributed by atoms with Crippen LogP contribution in [0.15, 0.2) is 18.2 Å². The van der Waals surface area contributed by atoms with Crippen molar-refractivity contribution in [3.63, 3.8) is 0 Å². The summed E-state index contributed by atoms with van der Waals surface area (Å²) in [6.07, 6.45) is 0. The van der Waals surface area contributed by atoms with Gasteiger partial charge in [-0.1, -0.05) is 11.6 Å². The minimum absolute atomic E-state index is 0.317. The van der Waals surface area contributed by atoms with E-state index in [1.165, 1.54) is 12.1 Å².